The molecule has 2 aliphatic heterocycles. The number of allylic oxidation sites excluding steroid dienone is 3. The molecule has 1 atom stereocenters. The summed E-state index contributed by atoms with van der Waals surface area (Å²) in [5.41, 5.74) is 4.37. The largest absolute Gasteiger partial charge is 0.494 e. The third kappa shape index (κ3) is 7.22. The Balaban J connectivity index is 0.961. The molecule has 2 aromatic carbocycles. The Hall–Kier alpha value is -3.95. The van der Waals surface area contributed by atoms with E-state index in [0.29, 0.717) is 29.7 Å². The van der Waals surface area contributed by atoms with Crippen LogP contribution in [0.2, 0.25) is 0 Å². The van der Waals surface area contributed by atoms with Crippen LogP contribution in [0.3, 0.4) is 0 Å². The van der Waals surface area contributed by atoms with Crippen LogP contribution in [-0.4, -0.2) is 77.0 Å². The molecule has 6 rings (SSSR count). The minimum atomic E-state index is -0.492. The maximum absolute atomic E-state index is 12.7. The molecular weight excluding hydrogens is 572 g/mol. The molecule has 3 aromatic rings. The molecule has 0 saturated carbocycles. The number of hydrogen-bond donors (Lipinski definition) is 0. The van der Waals surface area contributed by atoms with Gasteiger partial charge in [0, 0.05) is 62.9 Å². The number of aromatic nitrogens is 1. The molecule has 0 radical (unpaired) electrons. The monoisotopic (exact) mass is 612 g/mol. The molecule has 1 amide bonds. The van der Waals surface area contributed by atoms with Crippen molar-refractivity contribution in [1.29, 1.82) is 0 Å². The average Bonchev–Trinajstić information content (AvgIpc) is 3.54. The van der Waals surface area contributed by atoms with Crippen LogP contribution in [-0.2, 0) is 18.0 Å². The summed E-state index contributed by atoms with van der Waals surface area (Å²) in [5, 5.41) is 3.73. The lowest BCUT2D eigenvalue weighted by atomic mass is 10.0. The summed E-state index contributed by atoms with van der Waals surface area (Å²) < 4.78 is 13.1. The maximum Gasteiger partial charge on any atom is 0.411 e. The van der Waals surface area contributed by atoms with E-state index in [1.54, 1.807) is 13.1 Å². The van der Waals surface area contributed by atoms with Gasteiger partial charge in [0.05, 0.1) is 12.1 Å². The van der Waals surface area contributed by atoms with Gasteiger partial charge >= 0.3 is 6.09 Å². The van der Waals surface area contributed by atoms with Crippen molar-refractivity contribution in [2.75, 3.05) is 46.4 Å². The molecule has 3 heterocycles. The van der Waals surface area contributed by atoms with E-state index in [9.17, 15) is 9.59 Å². The topological polar surface area (TPSA) is 67.2 Å². The number of hydrogen-bond acceptors (Lipinski definition) is 7. The Morgan fingerprint density at radius 3 is 2.66 bits per heavy atom. The van der Waals surface area contributed by atoms with Gasteiger partial charge < -0.3 is 19.3 Å². The van der Waals surface area contributed by atoms with E-state index in [1.165, 1.54) is 26.8 Å². The number of rotatable bonds is 11. The summed E-state index contributed by atoms with van der Waals surface area (Å²) in [4.78, 5) is 32.0. The third-order valence-corrected chi connectivity index (χ3v) is 9.53. The molecule has 0 bridgehead atoms. The fourth-order valence-electron chi connectivity index (χ4n) is 5.99. The van der Waals surface area contributed by atoms with Crippen LogP contribution >= 0.6 is 11.8 Å². The van der Waals surface area contributed by atoms with Crippen molar-refractivity contribution >= 4 is 28.8 Å². The van der Waals surface area contributed by atoms with Crippen LogP contribution in [0.4, 0.5) is 4.79 Å². The number of unbranched alkanes of at least 4 members (excludes halogenated alkanes) is 1. The zero-order chi connectivity index (χ0) is 30.3. The van der Waals surface area contributed by atoms with Gasteiger partial charge in [0.1, 0.15) is 5.75 Å². The van der Waals surface area contributed by atoms with E-state index in [-0.39, 0.29) is 12.3 Å². The number of benzene rings is 2. The lowest BCUT2D eigenvalue weighted by Crippen LogP contribution is -2.46. The molecule has 1 fully saturated rings. The van der Waals surface area contributed by atoms with E-state index in [0.717, 1.165) is 62.9 Å². The Morgan fingerprint density at radius 2 is 1.82 bits per heavy atom. The smallest absolute Gasteiger partial charge is 0.411 e. The van der Waals surface area contributed by atoms with Crippen LogP contribution in [0.1, 0.15) is 24.8 Å². The molecular formula is C35H40N4O4S. The first-order chi connectivity index (χ1) is 21.5. The normalized spacial score (nSPS) is 18.1. The highest BCUT2D eigenvalue weighted by atomic mass is 32.2. The second-order valence-electron chi connectivity index (χ2n) is 11.5. The predicted molar refractivity (Wildman–Crippen MR) is 177 cm³/mol. The van der Waals surface area contributed by atoms with Gasteiger partial charge in [-0.1, -0.05) is 36.4 Å². The summed E-state index contributed by atoms with van der Waals surface area (Å²) in [6.45, 7) is 6.24. The second kappa shape index (κ2) is 14.2. The highest BCUT2D eigenvalue weighted by Gasteiger charge is 2.26. The fraction of sp³-hybridized carbons (Fsp3) is 0.371. The molecule has 1 aliphatic carbocycles. The molecule has 44 heavy (non-hydrogen) atoms. The van der Waals surface area contributed by atoms with Gasteiger partial charge in [-0.05, 0) is 78.1 Å². The van der Waals surface area contributed by atoms with Crippen LogP contribution in [0.25, 0.3) is 10.9 Å². The first-order valence-corrected chi connectivity index (χ1v) is 16.4. The van der Waals surface area contributed by atoms with Crippen LogP contribution in [0.5, 0.6) is 5.75 Å². The minimum absolute atomic E-state index is 0.171. The van der Waals surface area contributed by atoms with Crippen molar-refractivity contribution in [1.82, 2.24) is 19.3 Å². The summed E-state index contributed by atoms with van der Waals surface area (Å²) in [5.74, 6) is 0.700. The molecule has 3 aliphatic rings. The van der Waals surface area contributed by atoms with Gasteiger partial charge in [0.2, 0.25) is 0 Å². The van der Waals surface area contributed by atoms with E-state index in [1.807, 2.05) is 60.3 Å². The van der Waals surface area contributed by atoms with Crippen molar-refractivity contribution in [3.8, 4) is 5.75 Å². The first-order valence-electron chi connectivity index (χ1n) is 15.4. The van der Waals surface area contributed by atoms with Crippen molar-refractivity contribution in [2.45, 2.75) is 37.8 Å². The lowest BCUT2D eigenvalue weighted by Gasteiger charge is -2.38. The molecule has 1 saturated heterocycles. The van der Waals surface area contributed by atoms with Gasteiger partial charge in [-0.3, -0.25) is 14.3 Å². The van der Waals surface area contributed by atoms with Crippen LogP contribution < -0.4 is 10.3 Å². The van der Waals surface area contributed by atoms with Crippen LogP contribution in [0, 0.1) is 0 Å². The Labute approximate surface area is 263 Å². The fourth-order valence-corrected chi connectivity index (χ4v) is 6.97. The minimum Gasteiger partial charge on any atom is -0.494 e. The number of fused-ring (bicyclic) bond motifs is 2. The highest BCUT2D eigenvalue weighted by molar-refractivity contribution is 8.03. The molecule has 9 heteroatoms. The molecule has 230 valence electrons. The van der Waals surface area contributed by atoms with E-state index >= 15 is 0 Å². The predicted octanol–water partition coefficient (Wildman–Crippen LogP) is 5.85. The number of carbonyl (C=O) groups excluding carboxylic acids is 1. The average molecular weight is 613 g/mol. The van der Waals surface area contributed by atoms with Crippen molar-refractivity contribution < 1.29 is 14.3 Å². The highest BCUT2D eigenvalue weighted by Crippen LogP contribution is 2.38. The van der Waals surface area contributed by atoms with Gasteiger partial charge in [0.15, 0.2) is 6.73 Å². The zero-order valence-corrected chi connectivity index (χ0v) is 26.1. The van der Waals surface area contributed by atoms with Crippen molar-refractivity contribution in [3.05, 3.63) is 111 Å². The van der Waals surface area contributed by atoms with Crippen molar-refractivity contribution in [3.63, 3.8) is 0 Å². The Bertz CT molecular complexity index is 1610. The number of pyridine rings is 1. The third-order valence-electron chi connectivity index (χ3n) is 8.46. The number of carbonyl (C=O) groups is 1. The molecule has 1 aromatic heterocycles. The Morgan fingerprint density at radius 1 is 1.00 bits per heavy atom. The molecule has 0 spiro atoms. The first kappa shape index (κ1) is 30.1. The molecule has 1 unspecified atom stereocenters. The summed E-state index contributed by atoms with van der Waals surface area (Å²) in [6.07, 6.45) is 9.62. The molecule has 0 N–H and O–H groups in total. The van der Waals surface area contributed by atoms with E-state index in [4.69, 9.17) is 9.47 Å². The van der Waals surface area contributed by atoms with Crippen LogP contribution in [0.15, 0.2) is 100 Å². The SMILES string of the molecule is CN(Cc1ccccc1)C(=O)OCn1c(=O)ccc2ccc(OCCCCN3CCN(C4=C5C=CSC5CC=C4)CC3)cc21. The van der Waals surface area contributed by atoms with E-state index in [2.05, 4.69) is 33.4 Å². The van der Waals surface area contributed by atoms with Crippen molar-refractivity contribution in [2.24, 2.45) is 0 Å². The Kier molecular flexibility index (Phi) is 9.73. The van der Waals surface area contributed by atoms with Gasteiger partial charge in [-0.15, -0.1) is 11.8 Å². The van der Waals surface area contributed by atoms with Gasteiger partial charge in [-0.25, -0.2) is 4.79 Å². The number of thioether (sulfide) groups is 1. The quantitative estimate of drug-likeness (QED) is 0.252. The van der Waals surface area contributed by atoms with Gasteiger partial charge in [-0.2, -0.15) is 0 Å². The molecule has 8 nitrogen and oxygen atoms in total. The van der Waals surface area contributed by atoms with E-state index < -0.39 is 6.09 Å². The maximum atomic E-state index is 12.7. The number of piperazine rings is 1. The number of amides is 1. The summed E-state index contributed by atoms with van der Waals surface area (Å²) in [6, 6.07) is 18.7. The standard InChI is InChI=1S/C35H40N4O4S/c1-36(25-27-8-3-2-4-9-27)35(41)43-26-39-32-24-29(14-12-28(32)13-15-34(39)40)42-22-6-5-17-37-18-20-38(21-19-37)31-10-7-11-33-30(31)16-23-44-33/h2-4,7-10,12-16,23-24,33H,5-6,11,17-22,25-26H2,1H3. The second-order valence-corrected chi connectivity index (χ2v) is 12.6. The zero-order valence-electron chi connectivity index (χ0n) is 25.3. The lowest BCUT2D eigenvalue weighted by molar-refractivity contribution is 0.0814. The summed E-state index contributed by atoms with van der Waals surface area (Å²) >= 11 is 1.94. The summed E-state index contributed by atoms with van der Waals surface area (Å²) in [7, 11) is 1.68. The van der Waals surface area contributed by atoms with Gasteiger partial charge in [0.25, 0.3) is 5.56 Å². The number of nitrogens with zero attached hydrogens (tertiary/aromatic N) is 4. The number of ether oxygens (including phenoxy) is 2.